The SMILES string of the molecule is Cn1c(=O)n2c3c4c(c(-c5ccc(OCCCN6CCCCC6)nc5)c(F)cc4ncc31)OCC2Cc1ccccc1. The summed E-state index contributed by atoms with van der Waals surface area (Å²) < 4.78 is 31.5. The molecule has 3 aromatic heterocycles. The van der Waals surface area contributed by atoms with Gasteiger partial charge in [0.05, 0.1) is 46.3 Å². The number of piperidine rings is 1. The molecule has 1 unspecified atom stereocenters. The van der Waals surface area contributed by atoms with Crippen LogP contribution in [0.4, 0.5) is 4.39 Å². The number of aromatic nitrogens is 4. The van der Waals surface area contributed by atoms with Gasteiger partial charge in [0.2, 0.25) is 5.88 Å². The summed E-state index contributed by atoms with van der Waals surface area (Å²) in [6.07, 6.45) is 8.68. The number of likely N-dealkylation sites (tertiary alicyclic amines) is 1. The fraction of sp³-hybridized carbons (Fsp3) is 0.364. The van der Waals surface area contributed by atoms with Crippen molar-refractivity contribution in [2.24, 2.45) is 7.05 Å². The van der Waals surface area contributed by atoms with Gasteiger partial charge in [-0.2, -0.15) is 0 Å². The van der Waals surface area contributed by atoms with Crippen molar-refractivity contribution in [3.8, 4) is 22.8 Å². The second kappa shape index (κ2) is 11.2. The van der Waals surface area contributed by atoms with E-state index < -0.39 is 5.82 Å². The number of rotatable bonds is 8. The molecule has 1 fully saturated rings. The Morgan fingerprint density at radius 3 is 2.67 bits per heavy atom. The molecule has 0 N–H and O–H groups in total. The molecule has 0 spiro atoms. The van der Waals surface area contributed by atoms with Crippen LogP contribution in [0.5, 0.6) is 11.6 Å². The van der Waals surface area contributed by atoms with Crippen LogP contribution in [0.3, 0.4) is 0 Å². The molecule has 7 rings (SSSR count). The van der Waals surface area contributed by atoms with Crippen LogP contribution in [0, 0.1) is 5.82 Å². The van der Waals surface area contributed by atoms with E-state index in [1.54, 1.807) is 34.6 Å². The van der Waals surface area contributed by atoms with Gasteiger partial charge in [0.1, 0.15) is 18.2 Å². The number of ether oxygens (including phenoxy) is 2. The molecule has 2 aromatic carbocycles. The lowest BCUT2D eigenvalue weighted by molar-refractivity contribution is 0.203. The Labute approximate surface area is 243 Å². The molecule has 1 saturated heterocycles. The molecule has 216 valence electrons. The molecule has 0 amide bonds. The predicted octanol–water partition coefficient (Wildman–Crippen LogP) is 5.52. The summed E-state index contributed by atoms with van der Waals surface area (Å²) in [5.41, 5.74) is 3.67. The second-order valence-electron chi connectivity index (χ2n) is 11.3. The molecular weight excluding hydrogens is 533 g/mol. The van der Waals surface area contributed by atoms with Crippen molar-refractivity contribution in [2.45, 2.75) is 38.1 Å². The maximum Gasteiger partial charge on any atom is 0.329 e. The highest BCUT2D eigenvalue weighted by Crippen LogP contribution is 2.44. The number of nitrogens with zero attached hydrogens (tertiary/aromatic N) is 5. The van der Waals surface area contributed by atoms with E-state index >= 15 is 4.39 Å². The molecule has 2 aliphatic rings. The number of hydrogen-bond donors (Lipinski definition) is 0. The van der Waals surface area contributed by atoms with E-state index in [4.69, 9.17) is 9.47 Å². The van der Waals surface area contributed by atoms with Gasteiger partial charge in [0, 0.05) is 37.5 Å². The van der Waals surface area contributed by atoms with E-state index in [0.29, 0.717) is 57.7 Å². The largest absolute Gasteiger partial charge is 0.490 e. The standard InChI is InChI=1S/C33H34FN5O3/c1-37-27-20-35-26-18-25(34)29(23-11-12-28(36-19-23)41-16-8-15-38-13-6-3-7-14-38)32-30(26)31(27)39(33(37)40)24(21-42-32)17-22-9-4-2-5-10-22/h2,4-5,9-12,18-20,24H,3,6-8,13-17,21H2,1H3. The average molecular weight is 568 g/mol. The van der Waals surface area contributed by atoms with Crippen LogP contribution >= 0.6 is 0 Å². The van der Waals surface area contributed by atoms with E-state index in [1.807, 2.05) is 36.4 Å². The van der Waals surface area contributed by atoms with Crippen molar-refractivity contribution in [3.05, 3.63) is 82.8 Å². The third-order valence-corrected chi connectivity index (χ3v) is 8.55. The van der Waals surface area contributed by atoms with E-state index in [9.17, 15) is 4.79 Å². The van der Waals surface area contributed by atoms with Crippen molar-refractivity contribution in [2.75, 3.05) is 32.8 Å². The summed E-state index contributed by atoms with van der Waals surface area (Å²) in [5, 5.41) is 0.634. The molecule has 0 bridgehead atoms. The first-order chi connectivity index (χ1) is 20.6. The minimum Gasteiger partial charge on any atom is -0.490 e. The van der Waals surface area contributed by atoms with Crippen molar-refractivity contribution < 1.29 is 13.9 Å². The molecule has 9 heteroatoms. The van der Waals surface area contributed by atoms with Crippen LogP contribution in [-0.4, -0.2) is 56.9 Å². The molecule has 2 aliphatic heterocycles. The van der Waals surface area contributed by atoms with Crippen LogP contribution in [0.2, 0.25) is 0 Å². The minimum absolute atomic E-state index is 0.147. The summed E-state index contributed by atoms with van der Waals surface area (Å²) in [4.78, 5) is 25.0. The minimum atomic E-state index is -0.451. The van der Waals surface area contributed by atoms with Crippen molar-refractivity contribution in [1.29, 1.82) is 0 Å². The second-order valence-corrected chi connectivity index (χ2v) is 11.3. The highest BCUT2D eigenvalue weighted by atomic mass is 19.1. The quantitative estimate of drug-likeness (QED) is 0.230. The van der Waals surface area contributed by atoms with Gasteiger partial charge >= 0.3 is 5.69 Å². The Kier molecular flexibility index (Phi) is 7.11. The Balaban J connectivity index is 1.22. The summed E-state index contributed by atoms with van der Waals surface area (Å²) in [6.45, 7) is 4.16. The predicted molar refractivity (Wildman–Crippen MR) is 161 cm³/mol. The summed E-state index contributed by atoms with van der Waals surface area (Å²) in [7, 11) is 1.75. The van der Waals surface area contributed by atoms with Crippen LogP contribution < -0.4 is 15.2 Å². The lowest BCUT2D eigenvalue weighted by atomic mass is 10.0. The van der Waals surface area contributed by atoms with Crippen LogP contribution in [0.25, 0.3) is 33.1 Å². The first-order valence-corrected chi connectivity index (χ1v) is 14.8. The number of aryl methyl sites for hydroxylation is 1. The normalized spacial score (nSPS) is 17.0. The monoisotopic (exact) mass is 567 g/mol. The van der Waals surface area contributed by atoms with Crippen molar-refractivity contribution in [1.82, 2.24) is 24.0 Å². The third-order valence-electron chi connectivity index (χ3n) is 8.55. The van der Waals surface area contributed by atoms with Gasteiger partial charge in [-0.1, -0.05) is 36.8 Å². The molecular formula is C33H34FN5O3. The van der Waals surface area contributed by atoms with E-state index in [2.05, 4.69) is 14.9 Å². The fourth-order valence-corrected chi connectivity index (χ4v) is 6.42. The smallest absolute Gasteiger partial charge is 0.329 e. The zero-order valence-electron chi connectivity index (χ0n) is 23.8. The van der Waals surface area contributed by atoms with Gasteiger partial charge in [-0.3, -0.25) is 14.1 Å². The van der Waals surface area contributed by atoms with Gasteiger partial charge in [0.25, 0.3) is 0 Å². The lowest BCUT2D eigenvalue weighted by Gasteiger charge is -2.26. The summed E-state index contributed by atoms with van der Waals surface area (Å²) in [6, 6.07) is 14.7. The van der Waals surface area contributed by atoms with Crippen LogP contribution in [0.1, 0.15) is 37.3 Å². The molecule has 0 saturated carbocycles. The van der Waals surface area contributed by atoms with Gasteiger partial charge < -0.3 is 14.4 Å². The highest BCUT2D eigenvalue weighted by Gasteiger charge is 2.30. The summed E-state index contributed by atoms with van der Waals surface area (Å²) >= 11 is 0. The number of hydrogen-bond acceptors (Lipinski definition) is 6. The number of benzene rings is 2. The molecule has 0 aliphatic carbocycles. The maximum absolute atomic E-state index is 15.8. The Morgan fingerprint density at radius 2 is 1.88 bits per heavy atom. The third kappa shape index (κ3) is 4.81. The Morgan fingerprint density at radius 1 is 1.05 bits per heavy atom. The molecule has 8 nitrogen and oxygen atoms in total. The van der Waals surface area contributed by atoms with E-state index in [-0.39, 0.29) is 18.3 Å². The van der Waals surface area contributed by atoms with Gasteiger partial charge in [-0.05, 0) is 50.4 Å². The molecule has 5 heterocycles. The first-order valence-electron chi connectivity index (χ1n) is 14.8. The van der Waals surface area contributed by atoms with Gasteiger partial charge in [-0.25, -0.2) is 14.2 Å². The van der Waals surface area contributed by atoms with Gasteiger partial charge in [-0.15, -0.1) is 0 Å². The summed E-state index contributed by atoms with van der Waals surface area (Å²) in [5.74, 6) is 0.442. The van der Waals surface area contributed by atoms with Crippen molar-refractivity contribution in [3.63, 3.8) is 0 Å². The number of halogens is 1. The first kappa shape index (κ1) is 26.6. The molecule has 0 radical (unpaired) electrons. The molecule has 42 heavy (non-hydrogen) atoms. The Hall–Kier alpha value is -4.24. The van der Waals surface area contributed by atoms with E-state index in [1.165, 1.54) is 38.4 Å². The Bertz CT molecular complexity index is 1790. The van der Waals surface area contributed by atoms with Crippen molar-refractivity contribution >= 4 is 21.9 Å². The fourth-order valence-electron chi connectivity index (χ4n) is 6.42. The number of imidazole rings is 1. The highest BCUT2D eigenvalue weighted by molar-refractivity contribution is 6.09. The number of pyridine rings is 2. The maximum atomic E-state index is 15.8. The van der Waals surface area contributed by atoms with Gasteiger partial charge in [0.15, 0.2) is 0 Å². The molecule has 5 aromatic rings. The zero-order chi connectivity index (χ0) is 28.6. The van der Waals surface area contributed by atoms with E-state index in [0.717, 1.165) is 18.5 Å². The average Bonchev–Trinajstić information content (AvgIpc) is 3.16. The lowest BCUT2D eigenvalue weighted by Crippen LogP contribution is -2.31. The van der Waals surface area contributed by atoms with Crippen LogP contribution in [0.15, 0.2) is 65.7 Å². The zero-order valence-corrected chi connectivity index (χ0v) is 23.8. The topological polar surface area (TPSA) is 74.4 Å². The molecule has 1 atom stereocenters. The van der Waals surface area contributed by atoms with Crippen LogP contribution in [-0.2, 0) is 13.5 Å².